The van der Waals surface area contributed by atoms with E-state index in [0.717, 1.165) is 6.54 Å². The van der Waals surface area contributed by atoms with Crippen molar-refractivity contribution in [1.82, 2.24) is 9.97 Å². The molecule has 1 fully saturated rings. The van der Waals surface area contributed by atoms with E-state index in [1.807, 2.05) is 0 Å². The Bertz CT molecular complexity index is 354. The second-order valence-corrected chi connectivity index (χ2v) is 3.96. The average Bonchev–Trinajstić information content (AvgIpc) is 2.82. The molecule has 1 aliphatic rings. The number of aromatic amines is 1. The molecule has 13 heavy (non-hydrogen) atoms. The van der Waals surface area contributed by atoms with Crippen LogP contribution in [0.25, 0.3) is 0 Å². The summed E-state index contributed by atoms with van der Waals surface area (Å²) >= 11 is 0. The smallest absolute Gasteiger partial charge is 0.252 e. The summed E-state index contributed by atoms with van der Waals surface area (Å²) < 4.78 is 0. The quantitative estimate of drug-likeness (QED) is 0.727. The highest BCUT2D eigenvalue weighted by molar-refractivity contribution is 5.32. The van der Waals surface area contributed by atoms with E-state index in [2.05, 4.69) is 22.2 Å². The van der Waals surface area contributed by atoms with Crippen LogP contribution < -0.4 is 10.9 Å². The van der Waals surface area contributed by atoms with Gasteiger partial charge in [0.05, 0.1) is 6.33 Å². The van der Waals surface area contributed by atoms with Crippen molar-refractivity contribution < 1.29 is 0 Å². The molecule has 1 aromatic heterocycles. The lowest BCUT2D eigenvalue weighted by atomic mass is 10.1. The molecule has 0 amide bonds. The van der Waals surface area contributed by atoms with E-state index in [1.165, 1.54) is 25.2 Å². The molecule has 4 heteroatoms. The molecular weight excluding hydrogens is 166 g/mol. The standard InChI is InChI=1S/C9H13N3O/c1-9(2-3-9)5-10-7-4-8(13)12-6-11-7/h4,6H,2-3,5H2,1H3,(H2,10,11,12,13). The van der Waals surface area contributed by atoms with Crippen molar-refractivity contribution in [3.8, 4) is 0 Å². The molecule has 0 radical (unpaired) electrons. The van der Waals surface area contributed by atoms with Gasteiger partial charge in [0.15, 0.2) is 0 Å². The van der Waals surface area contributed by atoms with Gasteiger partial charge in [0.1, 0.15) is 5.82 Å². The Kier molecular flexibility index (Phi) is 1.83. The van der Waals surface area contributed by atoms with Gasteiger partial charge >= 0.3 is 0 Å². The van der Waals surface area contributed by atoms with Gasteiger partial charge in [-0.2, -0.15) is 0 Å². The first-order valence-corrected chi connectivity index (χ1v) is 4.47. The Morgan fingerprint density at radius 2 is 2.46 bits per heavy atom. The number of rotatable bonds is 3. The number of hydrogen-bond acceptors (Lipinski definition) is 3. The third-order valence-electron chi connectivity index (χ3n) is 2.48. The molecule has 2 rings (SSSR count). The Balaban J connectivity index is 1.98. The fourth-order valence-corrected chi connectivity index (χ4v) is 1.16. The third kappa shape index (κ3) is 2.08. The summed E-state index contributed by atoms with van der Waals surface area (Å²) in [5.74, 6) is 0.664. The van der Waals surface area contributed by atoms with Gasteiger partial charge in [-0.1, -0.05) is 6.92 Å². The second kappa shape index (κ2) is 2.87. The summed E-state index contributed by atoms with van der Waals surface area (Å²) in [4.78, 5) is 17.4. The van der Waals surface area contributed by atoms with Crippen LogP contribution in [0.4, 0.5) is 5.82 Å². The SMILES string of the molecule is CC1(CNc2cc(=O)[nH]cn2)CC1. The van der Waals surface area contributed by atoms with E-state index >= 15 is 0 Å². The monoisotopic (exact) mass is 179 g/mol. The number of hydrogen-bond donors (Lipinski definition) is 2. The average molecular weight is 179 g/mol. The van der Waals surface area contributed by atoms with E-state index in [-0.39, 0.29) is 5.56 Å². The number of nitrogens with zero attached hydrogens (tertiary/aromatic N) is 1. The molecule has 0 saturated heterocycles. The zero-order valence-corrected chi connectivity index (χ0v) is 7.63. The Labute approximate surface area is 76.4 Å². The van der Waals surface area contributed by atoms with Crippen LogP contribution in [-0.4, -0.2) is 16.5 Å². The highest BCUT2D eigenvalue weighted by Crippen LogP contribution is 2.44. The van der Waals surface area contributed by atoms with Crippen molar-refractivity contribution in [3.63, 3.8) is 0 Å². The third-order valence-corrected chi connectivity index (χ3v) is 2.48. The molecule has 70 valence electrons. The second-order valence-electron chi connectivity index (χ2n) is 3.96. The first kappa shape index (κ1) is 8.29. The first-order chi connectivity index (χ1) is 6.18. The topological polar surface area (TPSA) is 57.8 Å². The van der Waals surface area contributed by atoms with Crippen LogP contribution in [-0.2, 0) is 0 Å². The van der Waals surface area contributed by atoms with E-state index in [0.29, 0.717) is 11.2 Å². The Morgan fingerprint density at radius 3 is 3.08 bits per heavy atom. The summed E-state index contributed by atoms with van der Waals surface area (Å²) in [6.45, 7) is 3.14. The highest BCUT2D eigenvalue weighted by atomic mass is 16.1. The summed E-state index contributed by atoms with van der Waals surface area (Å²) in [6, 6.07) is 1.48. The van der Waals surface area contributed by atoms with Gasteiger partial charge in [0.25, 0.3) is 5.56 Å². The van der Waals surface area contributed by atoms with Gasteiger partial charge < -0.3 is 10.3 Å². The molecule has 1 aliphatic carbocycles. The van der Waals surface area contributed by atoms with Crippen molar-refractivity contribution >= 4 is 5.82 Å². The van der Waals surface area contributed by atoms with Crippen molar-refractivity contribution in [2.75, 3.05) is 11.9 Å². The van der Waals surface area contributed by atoms with Crippen LogP contribution in [0.5, 0.6) is 0 Å². The molecule has 0 aliphatic heterocycles. The summed E-state index contributed by atoms with van der Waals surface area (Å²) in [5.41, 5.74) is 0.322. The molecule has 0 aromatic carbocycles. The van der Waals surface area contributed by atoms with Crippen LogP contribution in [0.1, 0.15) is 19.8 Å². The largest absolute Gasteiger partial charge is 0.369 e. The fraction of sp³-hybridized carbons (Fsp3) is 0.556. The maximum Gasteiger partial charge on any atom is 0.252 e. The zero-order valence-electron chi connectivity index (χ0n) is 7.63. The summed E-state index contributed by atoms with van der Waals surface area (Å²) in [5, 5.41) is 3.16. The predicted molar refractivity (Wildman–Crippen MR) is 50.7 cm³/mol. The molecule has 2 N–H and O–H groups in total. The molecule has 1 saturated carbocycles. The maximum atomic E-state index is 10.9. The van der Waals surface area contributed by atoms with E-state index in [9.17, 15) is 4.79 Å². The number of H-pyrrole nitrogens is 1. The zero-order chi connectivity index (χ0) is 9.31. The van der Waals surface area contributed by atoms with Crippen molar-refractivity contribution in [1.29, 1.82) is 0 Å². The minimum atomic E-state index is -0.113. The van der Waals surface area contributed by atoms with Crippen molar-refractivity contribution in [2.24, 2.45) is 5.41 Å². The van der Waals surface area contributed by atoms with E-state index in [4.69, 9.17) is 0 Å². The Hall–Kier alpha value is -1.32. The molecule has 0 bridgehead atoms. The minimum absolute atomic E-state index is 0.113. The lowest BCUT2D eigenvalue weighted by molar-refractivity contribution is 0.609. The summed E-state index contributed by atoms with van der Waals surface area (Å²) in [7, 11) is 0. The molecule has 0 atom stereocenters. The van der Waals surface area contributed by atoms with Gasteiger partial charge in [-0.3, -0.25) is 4.79 Å². The van der Waals surface area contributed by atoms with Crippen molar-refractivity contribution in [3.05, 3.63) is 22.7 Å². The maximum absolute atomic E-state index is 10.9. The van der Waals surface area contributed by atoms with Gasteiger partial charge in [0.2, 0.25) is 0 Å². The lowest BCUT2D eigenvalue weighted by Crippen LogP contribution is -2.15. The normalized spacial score (nSPS) is 18.2. The van der Waals surface area contributed by atoms with Crippen LogP contribution in [0, 0.1) is 5.41 Å². The van der Waals surface area contributed by atoms with Crippen LogP contribution in [0.3, 0.4) is 0 Å². The molecule has 4 nitrogen and oxygen atoms in total. The van der Waals surface area contributed by atoms with E-state index in [1.54, 1.807) is 0 Å². The predicted octanol–water partition coefficient (Wildman–Crippen LogP) is 0.982. The number of aromatic nitrogens is 2. The van der Waals surface area contributed by atoms with E-state index < -0.39 is 0 Å². The molecule has 0 unspecified atom stereocenters. The van der Waals surface area contributed by atoms with Gasteiger partial charge in [-0.15, -0.1) is 0 Å². The number of nitrogens with one attached hydrogen (secondary N) is 2. The van der Waals surface area contributed by atoms with Crippen LogP contribution in [0.15, 0.2) is 17.2 Å². The fourth-order valence-electron chi connectivity index (χ4n) is 1.16. The van der Waals surface area contributed by atoms with Crippen LogP contribution in [0.2, 0.25) is 0 Å². The van der Waals surface area contributed by atoms with Crippen LogP contribution >= 0.6 is 0 Å². The summed E-state index contributed by atoms with van der Waals surface area (Å²) in [6.07, 6.45) is 3.95. The molecular formula is C9H13N3O. The molecule has 0 spiro atoms. The highest BCUT2D eigenvalue weighted by Gasteiger charge is 2.36. The van der Waals surface area contributed by atoms with Gasteiger partial charge in [-0.05, 0) is 18.3 Å². The number of anilines is 1. The molecule has 1 aromatic rings. The van der Waals surface area contributed by atoms with Crippen molar-refractivity contribution in [2.45, 2.75) is 19.8 Å². The van der Waals surface area contributed by atoms with Gasteiger partial charge in [0, 0.05) is 12.6 Å². The minimum Gasteiger partial charge on any atom is -0.369 e. The lowest BCUT2D eigenvalue weighted by Gasteiger charge is -2.09. The molecule has 1 heterocycles. The Morgan fingerprint density at radius 1 is 1.69 bits per heavy atom. The van der Waals surface area contributed by atoms with Gasteiger partial charge in [-0.25, -0.2) is 4.98 Å². The first-order valence-electron chi connectivity index (χ1n) is 4.47.